The van der Waals surface area contributed by atoms with E-state index in [2.05, 4.69) is 15.1 Å². The van der Waals surface area contributed by atoms with Crippen LogP contribution in [0.2, 0.25) is 0 Å². The molecule has 252 valence electrons. The van der Waals surface area contributed by atoms with Gasteiger partial charge in [0.2, 0.25) is 5.91 Å². The highest BCUT2D eigenvalue weighted by Crippen LogP contribution is 2.37. The zero-order valence-corrected chi connectivity index (χ0v) is 26.3. The lowest BCUT2D eigenvalue weighted by atomic mass is 9.90. The number of amides is 2. The normalized spacial score (nSPS) is 19.9. The maximum absolute atomic E-state index is 13.7. The van der Waals surface area contributed by atoms with Crippen LogP contribution in [0.25, 0.3) is 0 Å². The van der Waals surface area contributed by atoms with Crippen LogP contribution in [0.1, 0.15) is 51.0 Å². The molecule has 0 saturated carbocycles. The second-order valence-corrected chi connectivity index (χ2v) is 12.4. The van der Waals surface area contributed by atoms with Gasteiger partial charge in [-0.05, 0) is 68.0 Å². The first-order valence-electron chi connectivity index (χ1n) is 15.7. The molecular formula is C35H38F6N4O2. The number of benzene rings is 3. The topological polar surface area (TPSA) is 55.9 Å². The van der Waals surface area contributed by atoms with E-state index in [0.717, 1.165) is 22.4 Å². The highest BCUT2D eigenvalue weighted by Gasteiger charge is 2.40. The molecule has 2 atom stereocenters. The standard InChI is InChI=1S/C35H38F6N4O2/c1-23-7-6-8-24(2)32(23)42-31(46)22-43-13-15-44(16-14-43)29-11-12-45(30(21-29)17-25-9-4-3-5-10-25)33(47)26-18-27(34(36,37)38)20-28(19-26)35(39,40)41/h3-10,18-20,29-30H,11-17,21-22H2,1-2H3,(H,42,46)/t29-,30+/m0/s1. The van der Waals surface area contributed by atoms with Gasteiger partial charge in [-0.15, -0.1) is 0 Å². The Morgan fingerprint density at radius 3 is 1.96 bits per heavy atom. The van der Waals surface area contributed by atoms with Crippen molar-refractivity contribution in [2.24, 2.45) is 0 Å². The number of piperazine rings is 1. The molecule has 2 heterocycles. The van der Waals surface area contributed by atoms with Crippen LogP contribution in [0.15, 0.2) is 66.7 Å². The Balaban J connectivity index is 1.28. The van der Waals surface area contributed by atoms with E-state index in [0.29, 0.717) is 57.6 Å². The number of likely N-dealkylation sites (tertiary alicyclic amines) is 1. The van der Waals surface area contributed by atoms with Crippen molar-refractivity contribution in [3.05, 3.63) is 100 Å². The molecule has 5 rings (SSSR count). The molecule has 1 N–H and O–H groups in total. The Hall–Kier alpha value is -3.90. The summed E-state index contributed by atoms with van der Waals surface area (Å²) in [6.45, 7) is 7.04. The van der Waals surface area contributed by atoms with Gasteiger partial charge < -0.3 is 10.2 Å². The van der Waals surface area contributed by atoms with Gasteiger partial charge in [0.05, 0.1) is 17.7 Å². The minimum atomic E-state index is -5.05. The van der Waals surface area contributed by atoms with E-state index in [1.165, 1.54) is 4.90 Å². The number of halogens is 6. The lowest BCUT2D eigenvalue weighted by Crippen LogP contribution is -2.57. The minimum absolute atomic E-state index is 0.0392. The van der Waals surface area contributed by atoms with Gasteiger partial charge in [-0.25, -0.2) is 0 Å². The van der Waals surface area contributed by atoms with Gasteiger partial charge in [0.15, 0.2) is 0 Å². The molecule has 0 radical (unpaired) electrons. The van der Waals surface area contributed by atoms with Crippen LogP contribution < -0.4 is 5.32 Å². The predicted molar refractivity (Wildman–Crippen MR) is 167 cm³/mol. The van der Waals surface area contributed by atoms with E-state index in [1.807, 2.05) is 62.4 Å². The van der Waals surface area contributed by atoms with Crippen LogP contribution in [0, 0.1) is 13.8 Å². The van der Waals surface area contributed by atoms with Crippen LogP contribution in [0.4, 0.5) is 32.0 Å². The maximum atomic E-state index is 13.7. The second kappa shape index (κ2) is 14.1. The minimum Gasteiger partial charge on any atom is -0.335 e. The van der Waals surface area contributed by atoms with Gasteiger partial charge in [0.25, 0.3) is 5.91 Å². The van der Waals surface area contributed by atoms with Crippen LogP contribution in [0.3, 0.4) is 0 Å². The van der Waals surface area contributed by atoms with E-state index in [-0.39, 0.29) is 31.1 Å². The highest BCUT2D eigenvalue weighted by molar-refractivity contribution is 5.95. The highest BCUT2D eigenvalue weighted by atomic mass is 19.4. The number of alkyl halides is 6. The first-order valence-corrected chi connectivity index (χ1v) is 15.7. The van der Waals surface area contributed by atoms with E-state index >= 15 is 0 Å². The van der Waals surface area contributed by atoms with Gasteiger partial charge in [0, 0.05) is 56.1 Å². The number of aryl methyl sites for hydroxylation is 2. The molecule has 0 aromatic heterocycles. The first-order chi connectivity index (χ1) is 22.2. The van der Waals surface area contributed by atoms with Gasteiger partial charge in [-0.3, -0.25) is 19.4 Å². The lowest BCUT2D eigenvalue weighted by Gasteiger charge is -2.46. The molecule has 6 nitrogen and oxygen atoms in total. The van der Waals surface area contributed by atoms with Crippen LogP contribution >= 0.6 is 0 Å². The van der Waals surface area contributed by atoms with Gasteiger partial charge in [0.1, 0.15) is 0 Å². The summed E-state index contributed by atoms with van der Waals surface area (Å²) in [6.07, 6.45) is -8.65. The predicted octanol–water partition coefficient (Wildman–Crippen LogP) is 6.81. The van der Waals surface area contributed by atoms with Gasteiger partial charge in [-0.2, -0.15) is 26.3 Å². The Labute approximate surface area is 270 Å². The van der Waals surface area contributed by atoms with E-state index in [4.69, 9.17) is 0 Å². The number of hydrogen-bond donors (Lipinski definition) is 1. The largest absolute Gasteiger partial charge is 0.416 e. The van der Waals surface area contributed by atoms with Crippen LogP contribution in [-0.4, -0.2) is 77.9 Å². The van der Waals surface area contributed by atoms with E-state index in [9.17, 15) is 35.9 Å². The average molecular weight is 661 g/mol. The SMILES string of the molecule is Cc1cccc(C)c1NC(=O)CN1CCN([C@H]2CCN(C(=O)c3cc(C(F)(F)F)cc(C(F)(F)F)c3)[C@H](Cc3ccccc3)C2)CC1. The molecule has 2 aliphatic rings. The molecule has 0 aliphatic carbocycles. The summed E-state index contributed by atoms with van der Waals surface area (Å²) < 4.78 is 81.4. The number of para-hydroxylation sites is 1. The van der Waals surface area contributed by atoms with Crippen molar-refractivity contribution in [1.82, 2.24) is 14.7 Å². The summed E-state index contributed by atoms with van der Waals surface area (Å²) in [4.78, 5) is 32.4. The third kappa shape index (κ3) is 8.53. The van der Waals surface area contributed by atoms with Crippen molar-refractivity contribution in [3.63, 3.8) is 0 Å². The zero-order valence-electron chi connectivity index (χ0n) is 26.3. The molecule has 3 aromatic rings. The van der Waals surface area contributed by atoms with Crippen molar-refractivity contribution < 1.29 is 35.9 Å². The van der Waals surface area contributed by atoms with Gasteiger partial charge in [-0.1, -0.05) is 48.5 Å². The molecule has 0 bridgehead atoms. The van der Waals surface area contributed by atoms with Crippen molar-refractivity contribution in [2.45, 2.75) is 57.5 Å². The Morgan fingerprint density at radius 2 is 1.38 bits per heavy atom. The molecular weight excluding hydrogens is 622 g/mol. The summed E-state index contributed by atoms with van der Waals surface area (Å²) in [5.41, 5.74) is 0.0733. The summed E-state index contributed by atoms with van der Waals surface area (Å²) in [7, 11) is 0. The molecule has 12 heteroatoms. The van der Waals surface area contributed by atoms with Crippen LogP contribution in [0.5, 0.6) is 0 Å². The van der Waals surface area contributed by atoms with Gasteiger partial charge >= 0.3 is 12.4 Å². The summed E-state index contributed by atoms with van der Waals surface area (Å²) >= 11 is 0. The van der Waals surface area contributed by atoms with Crippen molar-refractivity contribution in [1.29, 1.82) is 0 Å². The fourth-order valence-corrected chi connectivity index (χ4v) is 6.63. The smallest absolute Gasteiger partial charge is 0.335 e. The third-order valence-corrected chi connectivity index (χ3v) is 9.13. The first kappa shape index (κ1) is 34.4. The average Bonchev–Trinajstić information content (AvgIpc) is 3.02. The molecule has 0 unspecified atom stereocenters. The molecule has 47 heavy (non-hydrogen) atoms. The number of hydrogen-bond acceptors (Lipinski definition) is 4. The number of carbonyl (C=O) groups excluding carboxylic acids is 2. The summed E-state index contributed by atoms with van der Waals surface area (Å²) in [6, 6.07) is 15.9. The monoisotopic (exact) mass is 660 g/mol. The zero-order chi connectivity index (χ0) is 33.9. The number of anilines is 1. The Morgan fingerprint density at radius 1 is 0.787 bits per heavy atom. The van der Waals surface area contributed by atoms with Crippen molar-refractivity contribution in [3.8, 4) is 0 Å². The molecule has 2 fully saturated rings. The number of carbonyl (C=O) groups is 2. The fourth-order valence-electron chi connectivity index (χ4n) is 6.63. The Bertz CT molecular complexity index is 1520. The van der Waals surface area contributed by atoms with Crippen molar-refractivity contribution in [2.75, 3.05) is 44.6 Å². The second-order valence-electron chi connectivity index (χ2n) is 12.4. The van der Waals surface area contributed by atoms with Crippen molar-refractivity contribution >= 4 is 17.5 Å². The number of nitrogens with one attached hydrogen (secondary N) is 1. The lowest BCUT2D eigenvalue weighted by molar-refractivity contribution is -0.143. The molecule has 2 aliphatic heterocycles. The molecule has 2 saturated heterocycles. The Kier molecular flexibility index (Phi) is 10.3. The van der Waals surface area contributed by atoms with Crippen LogP contribution in [-0.2, 0) is 23.6 Å². The number of rotatable bonds is 7. The molecule has 0 spiro atoms. The summed E-state index contributed by atoms with van der Waals surface area (Å²) in [5.74, 6) is -0.936. The quantitative estimate of drug-likeness (QED) is 0.283. The fraction of sp³-hybridized carbons (Fsp3) is 0.429. The third-order valence-electron chi connectivity index (χ3n) is 9.13. The van der Waals surface area contributed by atoms with E-state index in [1.54, 1.807) is 0 Å². The molecule has 2 amide bonds. The number of nitrogens with zero attached hydrogens (tertiary/aromatic N) is 3. The molecule has 3 aromatic carbocycles. The maximum Gasteiger partial charge on any atom is 0.416 e. The summed E-state index contributed by atoms with van der Waals surface area (Å²) in [5, 5.41) is 3.03. The number of piperidine rings is 1. The van der Waals surface area contributed by atoms with E-state index < -0.39 is 41.0 Å².